The van der Waals surface area contributed by atoms with E-state index in [9.17, 15) is 14.5 Å². The Labute approximate surface area is 144 Å². The van der Waals surface area contributed by atoms with E-state index in [-0.39, 0.29) is 0 Å². The number of rotatable bonds is 9. The highest BCUT2D eigenvalue weighted by Crippen LogP contribution is 2.58. The van der Waals surface area contributed by atoms with Crippen molar-refractivity contribution < 1.29 is 19.0 Å². The molecule has 5 heteroatoms. The molecular weight excluding hydrogens is 323 g/mol. The molecule has 0 radical (unpaired) electrons. The molecule has 0 fully saturated rings. The molecule has 1 aromatic carbocycles. The quantitative estimate of drug-likeness (QED) is 0.397. The smallest absolute Gasteiger partial charge is 0.307 e. The summed E-state index contributed by atoms with van der Waals surface area (Å²) in [6.07, 6.45) is 7.94. The van der Waals surface area contributed by atoms with Gasteiger partial charge in [-0.15, -0.1) is 0 Å². The summed E-state index contributed by atoms with van der Waals surface area (Å²) in [4.78, 5) is 11.5. The zero-order chi connectivity index (χ0) is 17.4. The van der Waals surface area contributed by atoms with Crippen molar-refractivity contribution >= 4 is 13.3 Å². The van der Waals surface area contributed by atoms with Gasteiger partial charge >= 0.3 is 5.97 Å². The third kappa shape index (κ3) is 5.06. The molecule has 0 heterocycles. The maximum Gasteiger partial charge on any atom is 0.307 e. The number of hydrogen-bond acceptors (Lipinski definition) is 3. The molecule has 0 saturated carbocycles. The van der Waals surface area contributed by atoms with Crippen molar-refractivity contribution in [1.29, 1.82) is 0 Å². The lowest BCUT2D eigenvalue weighted by molar-refractivity contribution is -0.141. The van der Waals surface area contributed by atoms with Gasteiger partial charge in [-0.25, -0.2) is 0 Å². The second kappa shape index (κ2) is 9.19. The van der Waals surface area contributed by atoms with E-state index in [2.05, 4.69) is 12.1 Å². The van der Waals surface area contributed by atoms with Crippen molar-refractivity contribution in [2.24, 2.45) is 5.92 Å². The lowest BCUT2D eigenvalue weighted by Gasteiger charge is -2.32. The van der Waals surface area contributed by atoms with Gasteiger partial charge < -0.3 is 9.63 Å². The highest BCUT2D eigenvalue weighted by atomic mass is 31.2. The minimum atomic E-state index is -2.96. The van der Waals surface area contributed by atoms with Gasteiger partial charge in [0.1, 0.15) is 0 Å². The zero-order valence-electron chi connectivity index (χ0n) is 14.3. The summed E-state index contributed by atoms with van der Waals surface area (Å²) in [6, 6.07) is 10.2. The monoisotopic (exact) mass is 350 g/mol. The van der Waals surface area contributed by atoms with E-state index in [1.165, 1.54) is 5.56 Å². The maximum absolute atomic E-state index is 13.4. The highest BCUT2D eigenvalue weighted by Gasteiger charge is 2.42. The second-order valence-electron chi connectivity index (χ2n) is 6.27. The van der Waals surface area contributed by atoms with Gasteiger partial charge in [-0.1, -0.05) is 42.5 Å². The molecule has 0 amide bonds. The SMILES string of the molecule is CCOP(=O)(CCCCc1ccccc1)C1CC=CCC1C(=O)O. The van der Waals surface area contributed by atoms with Gasteiger partial charge in [0.2, 0.25) is 7.37 Å². The van der Waals surface area contributed by atoms with Crippen molar-refractivity contribution in [3.63, 3.8) is 0 Å². The largest absolute Gasteiger partial charge is 0.481 e. The molecule has 0 spiro atoms. The summed E-state index contributed by atoms with van der Waals surface area (Å²) in [5.41, 5.74) is 0.879. The summed E-state index contributed by atoms with van der Waals surface area (Å²) in [5, 5.41) is 9.45. The van der Waals surface area contributed by atoms with Crippen LogP contribution in [-0.4, -0.2) is 29.5 Å². The number of carboxylic acids is 1. The van der Waals surface area contributed by atoms with Crippen molar-refractivity contribution in [3.8, 4) is 0 Å². The Hall–Kier alpha value is -1.38. The standard InChI is InChI=1S/C19H27O4P/c1-2-23-24(22,18-14-7-6-13-17(18)19(20)21)15-9-8-12-16-10-4-3-5-11-16/h3-7,10-11,17-18H,2,8-9,12-15H2,1H3,(H,20,21). The molecule has 1 N–H and O–H groups in total. The lowest BCUT2D eigenvalue weighted by atomic mass is 9.94. The first-order valence-corrected chi connectivity index (χ1v) is 10.6. The van der Waals surface area contributed by atoms with E-state index in [4.69, 9.17) is 4.52 Å². The summed E-state index contributed by atoms with van der Waals surface area (Å²) in [6.45, 7) is 2.19. The molecule has 0 bridgehead atoms. The Balaban J connectivity index is 1.97. The minimum absolute atomic E-state index is 0.364. The molecule has 1 aromatic rings. The number of unbranched alkanes of at least 4 members (excludes halogenated alkanes) is 1. The van der Waals surface area contributed by atoms with Crippen LogP contribution >= 0.6 is 7.37 Å². The number of hydrogen-bond donors (Lipinski definition) is 1. The normalized spacial score (nSPS) is 22.9. The molecule has 0 aliphatic heterocycles. The van der Waals surface area contributed by atoms with Gasteiger partial charge in [0.15, 0.2) is 0 Å². The molecular formula is C19H27O4P. The Kier molecular flexibility index (Phi) is 7.26. The van der Waals surface area contributed by atoms with Crippen LogP contribution in [0.25, 0.3) is 0 Å². The molecule has 0 saturated heterocycles. The Morgan fingerprint density at radius 3 is 2.58 bits per heavy atom. The van der Waals surface area contributed by atoms with E-state index in [0.717, 1.165) is 19.3 Å². The Morgan fingerprint density at radius 1 is 1.21 bits per heavy atom. The van der Waals surface area contributed by atoms with Crippen molar-refractivity contribution in [2.45, 2.75) is 44.7 Å². The Bertz CT molecular complexity index is 597. The molecule has 4 nitrogen and oxygen atoms in total. The first-order chi connectivity index (χ1) is 11.6. The molecule has 1 aliphatic rings. The third-order valence-corrected chi connectivity index (χ3v) is 7.81. The highest BCUT2D eigenvalue weighted by molar-refractivity contribution is 7.59. The fraction of sp³-hybridized carbons (Fsp3) is 0.526. The first kappa shape index (κ1) is 19.0. The molecule has 1 aliphatic carbocycles. The number of benzene rings is 1. The van der Waals surface area contributed by atoms with Gasteiger partial charge in [0.05, 0.1) is 18.2 Å². The number of carbonyl (C=O) groups is 1. The van der Waals surface area contributed by atoms with Crippen LogP contribution in [0.3, 0.4) is 0 Å². The molecule has 0 aromatic heterocycles. The Morgan fingerprint density at radius 2 is 1.92 bits per heavy atom. The van der Waals surface area contributed by atoms with Crippen molar-refractivity contribution in [1.82, 2.24) is 0 Å². The fourth-order valence-corrected chi connectivity index (χ4v) is 6.34. The van der Waals surface area contributed by atoms with E-state index in [0.29, 0.717) is 25.6 Å². The fourth-order valence-electron chi connectivity index (χ4n) is 3.35. The number of allylic oxidation sites excluding steroid dienone is 2. The summed E-state index contributed by atoms with van der Waals surface area (Å²) < 4.78 is 19.0. The molecule has 2 rings (SSSR count). The van der Waals surface area contributed by atoms with Crippen LogP contribution in [0.15, 0.2) is 42.5 Å². The predicted molar refractivity (Wildman–Crippen MR) is 96.8 cm³/mol. The number of carboxylic acid groups (broad SMARTS) is 1. The summed E-state index contributed by atoms with van der Waals surface area (Å²) >= 11 is 0. The van der Waals surface area contributed by atoms with Crippen LogP contribution in [-0.2, 0) is 20.3 Å². The van der Waals surface area contributed by atoms with E-state index in [1.54, 1.807) is 0 Å². The van der Waals surface area contributed by atoms with Gasteiger partial charge in [0, 0.05) is 6.16 Å². The van der Waals surface area contributed by atoms with Crippen molar-refractivity contribution in [3.05, 3.63) is 48.0 Å². The van der Waals surface area contributed by atoms with Gasteiger partial charge in [0.25, 0.3) is 0 Å². The van der Waals surface area contributed by atoms with Gasteiger partial charge in [-0.2, -0.15) is 0 Å². The lowest BCUT2D eigenvalue weighted by Crippen LogP contribution is -2.31. The van der Waals surface area contributed by atoms with E-state index < -0.39 is 24.9 Å². The van der Waals surface area contributed by atoms with Crippen LogP contribution in [0.2, 0.25) is 0 Å². The molecule has 132 valence electrons. The van der Waals surface area contributed by atoms with Crippen LogP contribution < -0.4 is 0 Å². The van der Waals surface area contributed by atoms with Crippen molar-refractivity contribution in [2.75, 3.05) is 12.8 Å². The van der Waals surface area contributed by atoms with Crippen LogP contribution in [0, 0.1) is 5.92 Å². The maximum atomic E-state index is 13.4. The van der Waals surface area contributed by atoms with Crippen LogP contribution in [0.1, 0.15) is 38.2 Å². The summed E-state index contributed by atoms with van der Waals surface area (Å²) in [5.74, 6) is -1.46. The molecule has 3 atom stereocenters. The minimum Gasteiger partial charge on any atom is -0.481 e. The summed E-state index contributed by atoms with van der Waals surface area (Å²) in [7, 11) is -2.96. The number of aryl methyl sites for hydroxylation is 1. The molecule has 3 unspecified atom stereocenters. The average Bonchev–Trinajstić information content (AvgIpc) is 2.60. The van der Waals surface area contributed by atoms with Gasteiger partial charge in [-0.05, 0) is 44.6 Å². The van der Waals surface area contributed by atoms with Crippen LogP contribution in [0.4, 0.5) is 0 Å². The average molecular weight is 350 g/mol. The van der Waals surface area contributed by atoms with Gasteiger partial charge in [-0.3, -0.25) is 9.36 Å². The van der Waals surface area contributed by atoms with E-state index >= 15 is 0 Å². The van der Waals surface area contributed by atoms with Crippen LogP contribution in [0.5, 0.6) is 0 Å². The number of aliphatic carboxylic acids is 1. The third-order valence-electron chi connectivity index (χ3n) is 4.60. The van der Waals surface area contributed by atoms with E-state index in [1.807, 2.05) is 37.3 Å². The predicted octanol–water partition coefficient (Wildman–Crippen LogP) is 4.74. The topological polar surface area (TPSA) is 63.6 Å². The molecule has 24 heavy (non-hydrogen) atoms. The zero-order valence-corrected chi connectivity index (χ0v) is 15.2. The first-order valence-electron chi connectivity index (χ1n) is 8.72. The second-order valence-corrected chi connectivity index (χ2v) is 9.09.